The lowest BCUT2D eigenvalue weighted by molar-refractivity contribution is -0.126. The normalized spacial score (nSPS) is 10.1. The van der Waals surface area contributed by atoms with E-state index in [1.165, 1.54) is 24.3 Å². The monoisotopic (exact) mass is 360 g/mol. The van der Waals surface area contributed by atoms with Crippen molar-refractivity contribution in [2.45, 2.75) is 12.8 Å². The van der Waals surface area contributed by atoms with Crippen LogP contribution in [0.4, 0.5) is 10.1 Å². The van der Waals surface area contributed by atoms with Crippen LogP contribution in [-0.2, 0) is 16.0 Å². The molecule has 6 nitrogen and oxygen atoms in total. The zero-order valence-corrected chi connectivity index (χ0v) is 14.7. The van der Waals surface area contributed by atoms with Gasteiger partial charge in [-0.3, -0.25) is 9.59 Å². The van der Waals surface area contributed by atoms with Gasteiger partial charge >= 0.3 is 0 Å². The van der Waals surface area contributed by atoms with E-state index in [9.17, 15) is 14.0 Å². The molecule has 0 unspecified atom stereocenters. The first-order valence-corrected chi connectivity index (χ1v) is 8.05. The van der Waals surface area contributed by atoms with Crippen LogP contribution in [0.5, 0.6) is 11.5 Å². The van der Waals surface area contributed by atoms with Crippen LogP contribution in [0.25, 0.3) is 0 Å². The number of amides is 2. The minimum atomic E-state index is -0.458. The number of benzene rings is 2. The number of nitrogens with one attached hydrogen (secondary N) is 2. The average molecular weight is 360 g/mol. The lowest BCUT2D eigenvalue weighted by atomic mass is 10.1. The summed E-state index contributed by atoms with van der Waals surface area (Å²) in [6, 6.07) is 10.9. The lowest BCUT2D eigenvalue weighted by Gasteiger charge is -2.10. The molecule has 2 rings (SSSR count). The molecule has 0 fully saturated rings. The van der Waals surface area contributed by atoms with Crippen LogP contribution >= 0.6 is 0 Å². The Morgan fingerprint density at radius 3 is 2.31 bits per heavy atom. The summed E-state index contributed by atoms with van der Waals surface area (Å²) in [6.07, 6.45) is 0.287. The van der Waals surface area contributed by atoms with Gasteiger partial charge in [-0.2, -0.15) is 0 Å². The van der Waals surface area contributed by atoms with Crippen molar-refractivity contribution in [2.24, 2.45) is 0 Å². The van der Waals surface area contributed by atoms with Crippen molar-refractivity contribution < 1.29 is 23.5 Å². The zero-order valence-electron chi connectivity index (χ0n) is 14.7. The first-order valence-electron chi connectivity index (χ1n) is 8.05. The van der Waals surface area contributed by atoms with Gasteiger partial charge in [0.15, 0.2) is 11.5 Å². The molecule has 2 N–H and O–H groups in total. The van der Waals surface area contributed by atoms with Gasteiger partial charge in [-0.15, -0.1) is 0 Å². The molecule has 138 valence electrons. The molecule has 0 spiro atoms. The van der Waals surface area contributed by atoms with Gasteiger partial charge < -0.3 is 20.1 Å². The van der Waals surface area contributed by atoms with Gasteiger partial charge in [0.05, 0.1) is 14.2 Å². The molecule has 0 saturated heterocycles. The summed E-state index contributed by atoms with van der Waals surface area (Å²) in [5.74, 6) is 0.0222. The van der Waals surface area contributed by atoms with E-state index in [0.29, 0.717) is 30.2 Å². The highest BCUT2D eigenvalue weighted by molar-refractivity contribution is 6.03. The predicted molar refractivity (Wildman–Crippen MR) is 95.9 cm³/mol. The van der Waals surface area contributed by atoms with Gasteiger partial charge in [-0.05, 0) is 48.4 Å². The minimum Gasteiger partial charge on any atom is -0.493 e. The molecular formula is C19H21FN2O4. The summed E-state index contributed by atoms with van der Waals surface area (Å²) >= 11 is 0. The maximum absolute atomic E-state index is 12.8. The second kappa shape index (κ2) is 9.41. The second-order valence-electron chi connectivity index (χ2n) is 5.52. The van der Waals surface area contributed by atoms with Crippen molar-refractivity contribution in [3.8, 4) is 11.5 Å². The van der Waals surface area contributed by atoms with Crippen LogP contribution in [0, 0.1) is 5.82 Å². The van der Waals surface area contributed by atoms with Gasteiger partial charge in [0.25, 0.3) is 0 Å². The largest absolute Gasteiger partial charge is 0.493 e. The third-order valence-electron chi connectivity index (χ3n) is 3.63. The van der Waals surface area contributed by atoms with Crippen molar-refractivity contribution in [3.63, 3.8) is 0 Å². The summed E-state index contributed by atoms with van der Waals surface area (Å²) in [5.41, 5.74) is 1.41. The minimum absolute atomic E-state index is 0.302. The van der Waals surface area contributed by atoms with Crippen molar-refractivity contribution >= 4 is 17.5 Å². The van der Waals surface area contributed by atoms with Crippen LogP contribution in [0.3, 0.4) is 0 Å². The molecule has 0 saturated carbocycles. The second-order valence-corrected chi connectivity index (χ2v) is 5.52. The van der Waals surface area contributed by atoms with E-state index in [0.717, 1.165) is 5.56 Å². The molecule has 0 aliphatic rings. The molecule has 2 amide bonds. The predicted octanol–water partition coefficient (Wildman–Crippen LogP) is 2.53. The fourth-order valence-electron chi connectivity index (χ4n) is 2.33. The van der Waals surface area contributed by atoms with Crippen molar-refractivity contribution in [1.29, 1.82) is 0 Å². The van der Waals surface area contributed by atoms with Gasteiger partial charge in [0.2, 0.25) is 11.8 Å². The smallest absolute Gasteiger partial charge is 0.233 e. The molecule has 0 bridgehead atoms. The molecule has 0 aromatic heterocycles. The van der Waals surface area contributed by atoms with E-state index in [1.54, 1.807) is 20.3 Å². The van der Waals surface area contributed by atoms with E-state index < -0.39 is 11.7 Å². The van der Waals surface area contributed by atoms with Gasteiger partial charge in [0.1, 0.15) is 12.2 Å². The fourth-order valence-corrected chi connectivity index (χ4v) is 2.33. The van der Waals surface area contributed by atoms with Crippen LogP contribution in [-0.4, -0.2) is 32.6 Å². The standard InChI is InChI=1S/C19H21FN2O4/c1-25-16-8-3-13(11-17(16)26-2)9-10-21-18(23)12-19(24)22-15-6-4-14(20)5-7-15/h3-8,11H,9-10,12H2,1-2H3,(H,21,23)(H,22,24). The summed E-state index contributed by atoms with van der Waals surface area (Å²) in [6.45, 7) is 0.387. The highest BCUT2D eigenvalue weighted by atomic mass is 19.1. The van der Waals surface area contributed by atoms with Gasteiger partial charge in [0, 0.05) is 12.2 Å². The Morgan fingerprint density at radius 2 is 1.65 bits per heavy atom. The number of ether oxygens (including phenoxy) is 2. The molecular weight excluding hydrogens is 339 g/mol. The first-order chi connectivity index (χ1) is 12.5. The summed E-state index contributed by atoms with van der Waals surface area (Å²) < 4.78 is 23.2. The summed E-state index contributed by atoms with van der Waals surface area (Å²) in [7, 11) is 3.12. The first kappa shape index (κ1) is 19.2. The number of carbonyl (C=O) groups is 2. The van der Waals surface area contributed by atoms with Crippen LogP contribution in [0.1, 0.15) is 12.0 Å². The third kappa shape index (κ3) is 5.77. The highest BCUT2D eigenvalue weighted by Crippen LogP contribution is 2.27. The van der Waals surface area contributed by atoms with E-state index in [4.69, 9.17) is 9.47 Å². The summed E-state index contributed by atoms with van der Waals surface area (Å²) in [5, 5.41) is 5.23. The van der Waals surface area contributed by atoms with Gasteiger partial charge in [-0.25, -0.2) is 4.39 Å². The number of hydrogen-bond donors (Lipinski definition) is 2. The highest BCUT2D eigenvalue weighted by Gasteiger charge is 2.10. The maximum atomic E-state index is 12.8. The molecule has 0 aliphatic heterocycles. The Balaban J connectivity index is 1.76. The van der Waals surface area contributed by atoms with Crippen molar-refractivity contribution in [3.05, 3.63) is 53.8 Å². The number of halogens is 1. The number of carbonyl (C=O) groups excluding carboxylic acids is 2. The Labute approximate surface area is 151 Å². The molecule has 0 radical (unpaired) electrons. The number of rotatable bonds is 8. The Morgan fingerprint density at radius 1 is 0.962 bits per heavy atom. The molecule has 26 heavy (non-hydrogen) atoms. The maximum Gasteiger partial charge on any atom is 0.233 e. The number of hydrogen-bond acceptors (Lipinski definition) is 4. The van der Waals surface area contributed by atoms with E-state index >= 15 is 0 Å². The SMILES string of the molecule is COc1ccc(CCNC(=O)CC(=O)Nc2ccc(F)cc2)cc1OC. The Bertz CT molecular complexity index is 763. The molecule has 2 aromatic rings. The van der Waals surface area contributed by atoms with Crippen molar-refractivity contribution in [1.82, 2.24) is 5.32 Å². The van der Waals surface area contributed by atoms with Crippen LogP contribution in [0.2, 0.25) is 0 Å². The molecule has 7 heteroatoms. The van der Waals surface area contributed by atoms with Crippen LogP contribution < -0.4 is 20.1 Å². The average Bonchev–Trinajstić information content (AvgIpc) is 2.63. The zero-order chi connectivity index (χ0) is 18.9. The Hall–Kier alpha value is -3.09. The fraction of sp³-hybridized carbons (Fsp3) is 0.263. The van der Waals surface area contributed by atoms with Crippen LogP contribution in [0.15, 0.2) is 42.5 Å². The summed E-state index contributed by atoms with van der Waals surface area (Å²) in [4.78, 5) is 23.6. The van der Waals surface area contributed by atoms with E-state index in [1.807, 2.05) is 12.1 Å². The Kier molecular flexibility index (Phi) is 6.96. The quantitative estimate of drug-likeness (QED) is 0.710. The number of methoxy groups -OCH3 is 2. The molecule has 0 heterocycles. The van der Waals surface area contributed by atoms with Crippen molar-refractivity contribution in [2.75, 3.05) is 26.1 Å². The lowest BCUT2D eigenvalue weighted by Crippen LogP contribution is -2.29. The number of anilines is 1. The molecule has 0 atom stereocenters. The topological polar surface area (TPSA) is 76.7 Å². The molecule has 2 aromatic carbocycles. The van der Waals surface area contributed by atoms with E-state index in [-0.39, 0.29) is 12.3 Å². The van der Waals surface area contributed by atoms with E-state index in [2.05, 4.69) is 10.6 Å². The molecule has 0 aliphatic carbocycles. The third-order valence-corrected chi connectivity index (χ3v) is 3.63. The van der Waals surface area contributed by atoms with Gasteiger partial charge in [-0.1, -0.05) is 6.07 Å².